The lowest BCUT2D eigenvalue weighted by Crippen LogP contribution is -2.54. The van der Waals surface area contributed by atoms with Crippen LogP contribution in [-0.2, 0) is 0 Å². The molecular formula is C9H21IN2. The third-order valence-electron chi connectivity index (χ3n) is 2.20. The summed E-state index contributed by atoms with van der Waals surface area (Å²) in [5, 5.41) is 3.55. The number of hydrogen-bond donors (Lipinski definition) is 2. The first-order valence-corrected chi connectivity index (χ1v) is 5.45. The molecule has 0 spiro atoms. The van der Waals surface area contributed by atoms with Crippen molar-refractivity contribution in [2.75, 3.05) is 6.54 Å². The van der Waals surface area contributed by atoms with Crippen molar-refractivity contribution in [2.24, 2.45) is 11.7 Å². The highest BCUT2D eigenvalue weighted by Gasteiger charge is 2.29. The van der Waals surface area contributed by atoms with Gasteiger partial charge in [0.1, 0.15) is 0 Å². The Hall–Kier alpha value is 0.650. The minimum atomic E-state index is 0.111. The molecule has 0 saturated heterocycles. The average Bonchev–Trinajstić information content (AvgIpc) is 1.80. The molecule has 0 saturated carbocycles. The summed E-state index contributed by atoms with van der Waals surface area (Å²) in [6.07, 6.45) is 0. The van der Waals surface area contributed by atoms with Gasteiger partial charge in [-0.1, -0.05) is 29.5 Å². The highest BCUT2D eigenvalue weighted by molar-refractivity contribution is 14.1. The Morgan fingerprint density at radius 3 is 2.00 bits per heavy atom. The molecule has 0 rings (SSSR count). The maximum atomic E-state index is 5.63. The van der Waals surface area contributed by atoms with Crippen LogP contribution in [0.25, 0.3) is 0 Å². The van der Waals surface area contributed by atoms with Gasteiger partial charge >= 0.3 is 0 Å². The van der Waals surface area contributed by atoms with Crippen LogP contribution in [0.4, 0.5) is 0 Å². The van der Waals surface area contributed by atoms with E-state index in [0.29, 0.717) is 5.92 Å². The van der Waals surface area contributed by atoms with Crippen LogP contribution in [0.3, 0.4) is 0 Å². The Morgan fingerprint density at radius 1 is 1.33 bits per heavy atom. The van der Waals surface area contributed by atoms with E-state index in [1.54, 1.807) is 0 Å². The molecule has 74 valence electrons. The van der Waals surface area contributed by atoms with Gasteiger partial charge < -0.3 is 5.73 Å². The third-order valence-corrected chi connectivity index (χ3v) is 2.47. The van der Waals surface area contributed by atoms with Crippen LogP contribution in [0.1, 0.15) is 34.6 Å². The summed E-state index contributed by atoms with van der Waals surface area (Å²) >= 11 is 2.40. The molecule has 0 aromatic heterocycles. The van der Waals surface area contributed by atoms with Gasteiger partial charge in [-0.3, -0.25) is 5.32 Å². The average molecular weight is 284 g/mol. The highest BCUT2D eigenvalue weighted by Crippen LogP contribution is 2.22. The van der Waals surface area contributed by atoms with Gasteiger partial charge in [0, 0.05) is 5.54 Å². The molecule has 0 heterocycles. The minimum Gasteiger partial charge on any atom is -0.330 e. The Bertz CT molecular complexity index is 138. The number of hydrogen-bond acceptors (Lipinski definition) is 2. The summed E-state index contributed by atoms with van der Waals surface area (Å²) in [6, 6.07) is 0. The second-order valence-electron chi connectivity index (χ2n) is 4.46. The van der Waals surface area contributed by atoms with Crippen molar-refractivity contribution < 1.29 is 0 Å². The van der Waals surface area contributed by atoms with Crippen molar-refractivity contribution in [3.8, 4) is 0 Å². The topological polar surface area (TPSA) is 38.0 Å². The van der Waals surface area contributed by atoms with E-state index in [9.17, 15) is 0 Å². The predicted octanol–water partition coefficient (Wildman–Crippen LogP) is 2.12. The van der Waals surface area contributed by atoms with Crippen molar-refractivity contribution in [1.82, 2.24) is 5.32 Å². The largest absolute Gasteiger partial charge is 0.330 e. The Balaban J connectivity index is 4.22. The first kappa shape index (κ1) is 12.7. The number of rotatable bonds is 4. The van der Waals surface area contributed by atoms with E-state index in [1.165, 1.54) is 0 Å². The van der Waals surface area contributed by atoms with E-state index < -0.39 is 0 Å². The molecular weight excluding hydrogens is 263 g/mol. The van der Waals surface area contributed by atoms with Gasteiger partial charge in [0.15, 0.2) is 0 Å². The van der Waals surface area contributed by atoms with E-state index in [0.717, 1.165) is 6.54 Å². The summed E-state index contributed by atoms with van der Waals surface area (Å²) in [7, 11) is 0. The van der Waals surface area contributed by atoms with Crippen LogP contribution in [0.2, 0.25) is 0 Å². The molecule has 0 aliphatic heterocycles. The van der Waals surface area contributed by atoms with Gasteiger partial charge in [0.25, 0.3) is 0 Å². The summed E-state index contributed by atoms with van der Waals surface area (Å²) in [5.74, 6) is 0.492. The smallest absolute Gasteiger partial charge is 0.0652 e. The van der Waals surface area contributed by atoms with Gasteiger partial charge in [-0.05, 0) is 40.2 Å². The molecule has 1 atom stereocenters. The Kier molecular flexibility index (Phi) is 4.47. The molecule has 0 amide bonds. The van der Waals surface area contributed by atoms with Gasteiger partial charge in [-0.2, -0.15) is 0 Å². The normalized spacial score (nSPS) is 16.2. The Labute approximate surface area is 89.8 Å². The van der Waals surface area contributed by atoms with E-state index in [4.69, 9.17) is 5.73 Å². The summed E-state index contributed by atoms with van der Waals surface area (Å²) in [5.41, 5.74) is 5.75. The highest BCUT2D eigenvalue weighted by atomic mass is 127. The molecule has 3 heteroatoms. The molecule has 2 nitrogen and oxygen atoms in total. The van der Waals surface area contributed by atoms with Crippen LogP contribution < -0.4 is 11.1 Å². The fourth-order valence-electron chi connectivity index (χ4n) is 1.18. The van der Waals surface area contributed by atoms with Gasteiger partial charge in [0.2, 0.25) is 0 Å². The number of nitrogens with two attached hydrogens (primary N) is 1. The zero-order valence-electron chi connectivity index (χ0n) is 8.74. The van der Waals surface area contributed by atoms with Crippen LogP contribution in [-0.4, -0.2) is 15.6 Å². The van der Waals surface area contributed by atoms with Crippen molar-refractivity contribution in [2.45, 2.75) is 43.7 Å². The van der Waals surface area contributed by atoms with Gasteiger partial charge in [0.05, 0.1) is 3.55 Å². The molecule has 0 fully saturated rings. The first-order valence-electron chi connectivity index (χ1n) is 4.37. The van der Waals surface area contributed by atoms with Crippen LogP contribution in [0.15, 0.2) is 0 Å². The zero-order chi connectivity index (χ0) is 9.99. The fraction of sp³-hybridized carbons (Fsp3) is 1.00. The third kappa shape index (κ3) is 4.62. The van der Waals surface area contributed by atoms with Crippen molar-refractivity contribution in [1.29, 1.82) is 0 Å². The van der Waals surface area contributed by atoms with Crippen molar-refractivity contribution >= 4 is 22.6 Å². The number of halogens is 1. The molecule has 0 aliphatic rings. The lowest BCUT2D eigenvalue weighted by molar-refractivity contribution is 0.251. The molecule has 3 N–H and O–H groups in total. The second-order valence-corrected chi connectivity index (χ2v) is 7.15. The summed E-state index contributed by atoms with van der Waals surface area (Å²) in [6.45, 7) is 11.6. The maximum Gasteiger partial charge on any atom is 0.0652 e. The summed E-state index contributed by atoms with van der Waals surface area (Å²) in [4.78, 5) is 0. The summed E-state index contributed by atoms with van der Waals surface area (Å²) < 4.78 is 0.130. The lowest BCUT2D eigenvalue weighted by atomic mass is 9.88. The monoisotopic (exact) mass is 284 g/mol. The van der Waals surface area contributed by atoms with Crippen LogP contribution in [0, 0.1) is 5.92 Å². The van der Waals surface area contributed by atoms with E-state index in [2.05, 4.69) is 62.5 Å². The molecule has 0 aromatic rings. The molecule has 0 bridgehead atoms. The fourth-order valence-corrected chi connectivity index (χ4v) is 1.88. The van der Waals surface area contributed by atoms with Crippen molar-refractivity contribution in [3.05, 3.63) is 0 Å². The van der Waals surface area contributed by atoms with E-state index in [-0.39, 0.29) is 9.08 Å². The quantitative estimate of drug-likeness (QED) is 0.471. The standard InChI is InChI=1S/C9H21IN2/c1-7(6-11)8(2,3)12-9(4,5)10/h7,12H,6,11H2,1-5H3. The second kappa shape index (κ2) is 4.24. The van der Waals surface area contributed by atoms with Gasteiger partial charge in [-0.15, -0.1) is 0 Å². The SMILES string of the molecule is CC(CN)C(C)(C)NC(C)(C)I. The number of nitrogens with one attached hydrogen (secondary N) is 1. The lowest BCUT2D eigenvalue weighted by Gasteiger charge is -2.38. The molecule has 12 heavy (non-hydrogen) atoms. The van der Waals surface area contributed by atoms with Crippen molar-refractivity contribution in [3.63, 3.8) is 0 Å². The Morgan fingerprint density at radius 2 is 1.75 bits per heavy atom. The van der Waals surface area contributed by atoms with E-state index >= 15 is 0 Å². The molecule has 1 unspecified atom stereocenters. The van der Waals surface area contributed by atoms with Crippen LogP contribution in [0.5, 0.6) is 0 Å². The molecule has 0 aromatic carbocycles. The number of alkyl halides is 1. The first-order chi connectivity index (χ1) is 5.19. The maximum absolute atomic E-state index is 5.63. The minimum absolute atomic E-state index is 0.111. The van der Waals surface area contributed by atoms with Crippen LogP contribution >= 0.6 is 22.6 Å². The predicted molar refractivity (Wildman–Crippen MR) is 63.5 cm³/mol. The zero-order valence-corrected chi connectivity index (χ0v) is 10.9. The van der Waals surface area contributed by atoms with E-state index in [1.807, 2.05) is 0 Å². The molecule has 0 radical (unpaired) electrons. The molecule has 0 aliphatic carbocycles. The van der Waals surface area contributed by atoms with Gasteiger partial charge in [-0.25, -0.2) is 0 Å².